The Kier molecular flexibility index (Phi) is 6.12. The first-order chi connectivity index (χ1) is 17.0. The third-order valence-corrected chi connectivity index (χ3v) is 6.34. The largest absolute Gasteiger partial charge is 0.326 e. The minimum Gasteiger partial charge on any atom is -0.308 e. The summed E-state index contributed by atoms with van der Waals surface area (Å²) in [5.41, 5.74) is 4.99. The van der Waals surface area contributed by atoms with Crippen molar-refractivity contribution in [2.75, 3.05) is 5.32 Å². The fraction of sp³-hybridized carbons (Fsp3) is 0.185. The van der Waals surface area contributed by atoms with Crippen LogP contribution in [0.2, 0.25) is 0 Å². The number of benzene rings is 3. The second kappa shape index (κ2) is 9.52. The lowest BCUT2D eigenvalue weighted by Crippen LogP contribution is -2.50. The van der Waals surface area contributed by atoms with E-state index in [0.717, 1.165) is 22.3 Å². The molecule has 1 fully saturated rings. The van der Waals surface area contributed by atoms with Crippen molar-refractivity contribution in [3.63, 3.8) is 0 Å². The smallest absolute Gasteiger partial charge is 0.308 e. The molecule has 1 atom stereocenters. The number of hydrogen-bond donors (Lipinski definition) is 3. The van der Waals surface area contributed by atoms with Crippen LogP contribution in [0.15, 0.2) is 72.8 Å². The third-order valence-electron chi connectivity index (χ3n) is 6.34. The Balaban J connectivity index is 1.18. The maximum atomic E-state index is 12.7. The van der Waals surface area contributed by atoms with Gasteiger partial charge in [-0.05, 0) is 52.9 Å². The van der Waals surface area contributed by atoms with Crippen molar-refractivity contribution >= 4 is 29.4 Å². The summed E-state index contributed by atoms with van der Waals surface area (Å²) in [4.78, 5) is 50.7. The lowest BCUT2D eigenvalue weighted by molar-refractivity contribution is -0.137. The number of fused-ring (bicyclic) bond motifs is 1. The molecule has 176 valence electrons. The molecule has 3 aromatic carbocycles. The van der Waals surface area contributed by atoms with Crippen LogP contribution in [0.4, 0.5) is 10.5 Å². The number of urea groups is 1. The minimum absolute atomic E-state index is 0.243. The van der Waals surface area contributed by atoms with Crippen molar-refractivity contribution in [3.8, 4) is 11.1 Å². The number of carbonyl (C=O) groups is 4. The van der Waals surface area contributed by atoms with Gasteiger partial charge in [-0.3, -0.25) is 29.9 Å². The van der Waals surface area contributed by atoms with Crippen LogP contribution in [0.3, 0.4) is 0 Å². The van der Waals surface area contributed by atoms with E-state index in [2.05, 4.69) is 16.0 Å². The molecule has 2 aliphatic rings. The molecule has 0 bridgehead atoms. The number of rotatable bonds is 4. The van der Waals surface area contributed by atoms with E-state index < -0.39 is 11.9 Å². The Bertz CT molecular complexity index is 1300. The number of hydrogen-bond acceptors (Lipinski definition) is 5. The van der Waals surface area contributed by atoms with Crippen LogP contribution in [0.25, 0.3) is 11.1 Å². The first-order valence-corrected chi connectivity index (χ1v) is 11.4. The summed E-state index contributed by atoms with van der Waals surface area (Å²) in [6.45, 7) is 1.08. The van der Waals surface area contributed by atoms with Crippen LogP contribution in [-0.2, 0) is 22.7 Å². The highest BCUT2D eigenvalue weighted by atomic mass is 16.2. The van der Waals surface area contributed by atoms with Gasteiger partial charge in [0.25, 0.3) is 5.91 Å². The van der Waals surface area contributed by atoms with Gasteiger partial charge in [-0.1, -0.05) is 48.5 Å². The molecular formula is C27H24N4O4. The van der Waals surface area contributed by atoms with Crippen LogP contribution in [0.1, 0.15) is 34.3 Å². The highest BCUT2D eigenvalue weighted by Gasteiger charge is 2.34. The van der Waals surface area contributed by atoms with Crippen LogP contribution < -0.4 is 16.0 Å². The zero-order valence-electron chi connectivity index (χ0n) is 18.9. The zero-order chi connectivity index (χ0) is 24.4. The van der Waals surface area contributed by atoms with Gasteiger partial charge in [0.1, 0.15) is 0 Å². The monoisotopic (exact) mass is 468 g/mol. The van der Waals surface area contributed by atoms with Crippen LogP contribution >= 0.6 is 0 Å². The summed E-state index contributed by atoms with van der Waals surface area (Å²) < 4.78 is 0. The number of nitrogens with one attached hydrogen (secondary N) is 3. The van der Waals surface area contributed by atoms with Crippen molar-refractivity contribution in [2.24, 2.45) is 0 Å². The number of amides is 5. The summed E-state index contributed by atoms with van der Waals surface area (Å²) in [5.74, 6) is -1.03. The molecule has 2 heterocycles. The van der Waals surface area contributed by atoms with E-state index in [4.69, 9.17) is 0 Å². The van der Waals surface area contributed by atoms with Crippen LogP contribution in [0, 0.1) is 0 Å². The molecule has 5 rings (SSSR count). The molecule has 35 heavy (non-hydrogen) atoms. The van der Waals surface area contributed by atoms with Crippen molar-refractivity contribution in [3.05, 3.63) is 89.5 Å². The van der Waals surface area contributed by atoms with Gasteiger partial charge in [-0.15, -0.1) is 0 Å². The van der Waals surface area contributed by atoms with Gasteiger partial charge in [-0.25, -0.2) is 4.79 Å². The molecule has 1 saturated heterocycles. The molecule has 0 aliphatic carbocycles. The average Bonchev–Trinajstić information content (AvgIpc) is 3.28. The van der Waals surface area contributed by atoms with E-state index in [9.17, 15) is 19.2 Å². The molecule has 3 aromatic rings. The van der Waals surface area contributed by atoms with E-state index in [1.165, 1.54) is 0 Å². The number of anilines is 1. The van der Waals surface area contributed by atoms with Crippen molar-refractivity contribution in [2.45, 2.75) is 32.0 Å². The molecule has 0 radical (unpaired) electrons. The van der Waals surface area contributed by atoms with E-state index in [0.29, 0.717) is 37.2 Å². The summed E-state index contributed by atoms with van der Waals surface area (Å²) in [5, 5.41) is 7.43. The molecule has 0 saturated carbocycles. The molecule has 0 aromatic heterocycles. The van der Waals surface area contributed by atoms with Gasteiger partial charge >= 0.3 is 6.03 Å². The lowest BCUT2D eigenvalue weighted by Gasteiger charge is -2.29. The summed E-state index contributed by atoms with van der Waals surface area (Å²) in [6.07, 6.45) is 0.805. The van der Waals surface area contributed by atoms with Gasteiger partial charge in [-0.2, -0.15) is 0 Å². The summed E-state index contributed by atoms with van der Waals surface area (Å²) in [7, 11) is 0. The Hall–Kier alpha value is -4.30. The second-order valence-electron chi connectivity index (χ2n) is 8.71. The predicted octanol–water partition coefficient (Wildman–Crippen LogP) is 3.44. The Morgan fingerprint density at radius 3 is 2.31 bits per heavy atom. The first kappa shape index (κ1) is 22.5. The first-order valence-electron chi connectivity index (χ1n) is 11.4. The maximum Gasteiger partial charge on any atom is 0.326 e. The molecule has 0 spiro atoms. The fourth-order valence-electron chi connectivity index (χ4n) is 4.53. The molecule has 1 unspecified atom stereocenters. The van der Waals surface area contributed by atoms with E-state index in [-0.39, 0.29) is 17.9 Å². The zero-order valence-corrected chi connectivity index (χ0v) is 18.9. The quantitative estimate of drug-likeness (QED) is 0.509. The topological polar surface area (TPSA) is 108 Å². The highest BCUT2D eigenvalue weighted by Crippen LogP contribution is 2.28. The number of nitrogens with zero attached hydrogens (tertiary/aromatic N) is 1. The molecular weight excluding hydrogens is 444 g/mol. The fourth-order valence-corrected chi connectivity index (χ4v) is 4.53. The van der Waals surface area contributed by atoms with Crippen molar-refractivity contribution < 1.29 is 19.2 Å². The summed E-state index contributed by atoms with van der Waals surface area (Å²) >= 11 is 0. The highest BCUT2D eigenvalue weighted by molar-refractivity contribution is 6.08. The van der Waals surface area contributed by atoms with Crippen LogP contribution in [0.5, 0.6) is 0 Å². The van der Waals surface area contributed by atoms with Gasteiger partial charge < -0.3 is 5.32 Å². The van der Waals surface area contributed by atoms with Crippen molar-refractivity contribution in [1.82, 2.24) is 15.5 Å². The molecule has 5 amide bonds. The third kappa shape index (κ3) is 4.97. The maximum absolute atomic E-state index is 12.7. The summed E-state index contributed by atoms with van der Waals surface area (Å²) in [6, 6.07) is 21.6. The molecule has 3 N–H and O–H groups in total. The average molecular weight is 469 g/mol. The SMILES string of the molecule is O=C1CCC(N2Cc3ccc(C(=O)NC(=O)Nc4ccc(-c5ccccc5)cc4)cc3C2)C(=O)N1. The number of carbonyl (C=O) groups excluding carboxylic acids is 4. The normalized spacial score (nSPS) is 17.4. The molecule has 8 heteroatoms. The minimum atomic E-state index is -0.617. The van der Waals surface area contributed by atoms with Gasteiger partial charge in [0.15, 0.2) is 0 Å². The van der Waals surface area contributed by atoms with E-state index in [1.807, 2.05) is 53.4 Å². The number of piperidine rings is 1. The molecule has 2 aliphatic heterocycles. The Morgan fingerprint density at radius 2 is 1.57 bits per heavy atom. The second-order valence-corrected chi connectivity index (χ2v) is 8.71. The van der Waals surface area contributed by atoms with Crippen molar-refractivity contribution in [1.29, 1.82) is 0 Å². The van der Waals surface area contributed by atoms with E-state index in [1.54, 1.807) is 24.3 Å². The number of imide groups is 2. The van der Waals surface area contributed by atoms with E-state index >= 15 is 0 Å². The van der Waals surface area contributed by atoms with Crippen LogP contribution in [-0.4, -0.2) is 34.7 Å². The predicted molar refractivity (Wildman–Crippen MR) is 130 cm³/mol. The Morgan fingerprint density at radius 1 is 0.857 bits per heavy atom. The lowest BCUT2D eigenvalue weighted by atomic mass is 10.0. The standard InChI is InChI=1S/C27H24N4O4/c32-24-13-12-23(26(34)29-24)31-15-20-7-6-19(14-21(20)16-31)25(33)30-27(35)28-22-10-8-18(9-11-22)17-4-2-1-3-5-17/h1-11,14,23H,12-13,15-16H2,(H,29,32,34)(H2,28,30,33,35). The van der Waals surface area contributed by atoms with Gasteiger partial charge in [0.05, 0.1) is 6.04 Å². The van der Waals surface area contributed by atoms with Gasteiger partial charge in [0.2, 0.25) is 11.8 Å². The van der Waals surface area contributed by atoms with Gasteiger partial charge in [0, 0.05) is 30.8 Å². The molecule has 8 nitrogen and oxygen atoms in total. The Labute approximate surface area is 202 Å².